The van der Waals surface area contributed by atoms with Crippen molar-refractivity contribution in [3.05, 3.63) is 0 Å². The molecule has 4 heteroatoms. The van der Waals surface area contributed by atoms with Crippen molar-refractivity contribution in [3.63, 3.8) is 0 Å². The summed E-state index contributed by atoms with van der Waals surface area (Å²) in [6.07, 6.45) is 13.9. The number of fused-ring (bicyclic) bond motifs is 6. The third kappa shape index (κ3) is 2.79. The smallest absolute Gasteiger partial charge is 0.234 e. The first-order chi connectivity index (χ1) is 13.7. The van der Waals surface area contributed by atoms with Gasteiger partial charge in [0.1, 0.15) is 5.72 Å². The second-order valence-electron chi connectivity index (χ2n) is 12.1. The van der Waals surface area contributed by atoms with Gasteiger partial charge in [0, 0.05) is 5.41 Å². The van der Waals surface area contributed by atoms with E-state index in [0.717, 1.165) is 36.6 Å². The van der Waals surface area contributed by atoms with E-state index in [2.05, 4.69) is 55.2 Å². The second-order valence-corrected chi connectivity index (χ2v) is 12.8. The van der Waals surface area contributed by atoms with Crippen LogP contribution in [0, 0.1) is 34.5 Å². The monoisotopic (exact) mass is 513 g/mol. The van der Waals surface area contributed by atoms with Crippen molar-refractivity contribution in [2.24, 2.45) is 34.5 Å². The molecule has 0 aromatic carbocycles. The highest BCUT2D eigenvalue weighted by Crippen LogP contribution is 2.70. The molecule has 1 heterocycles. The van der Waals surface area contributed by atoms with Gasteiger partial charge in [0.2, 0.25) is 5.91 Å². The van der Waals surface area contributed by atoms with Crippen molar-refractivity contribution in [3.8, 4) is 0 Å². The van der Waals surface area contributed by atoms with Gasteiger partial charge in [0.25, 0.3) is 0 Å². The van der Waals surface area contributed by atoms with E-state index in [1.54, 1.807) is 0 Å². The van der Waals surface area contributed by atoms with E-state index in [1.165, 1.54) is 57.8 Å². The lowest BCUT2D eigenvalue weighted by Crippen LogP contribution is -2.57. The van der Waals surface area contributed by atoms with Crippen molar-refractivity contribution < 1.29 is 9.53 Å². The highest BCUT2D eigenvalue weighted by molar-refractivity contribution is 14.1. The molecule has 1 amide bonds. The maximum atomic E-state index is 12.7. The van der Waals surface area contributed by atoms with E-state index in [1.807, 2.05) is 0 Å². The SMILES string of the molecule is CC12CCCCC1CCC1C2CCC2(C)C1CCC21CN(C(=O)CI)C(C)(C)O1. The van der Waals surface area contributed by atoms with Crippen LogP contribution in [-0.4, -0.2) is 33.1 Å². The third-order valence-corrected chi connectivity index (χ3v) is 11.4. The van der Waals surface area contributed by atoms with Gasteiger partial charge in [-0.25, -0.2) is 0 Å². The maximum absolute atomic E-state index is 12.7. The van der Waals surface area contributed by atoms with Gasteiger partial charge in [-0.1, -0.05) is 49.3 Å². The number of carbonyl (C=O) groups excluding carboxylic acids is 1. The summed E-state index contributed by atoms with van der Waals surface area (Å²) in [4.78, 5) is 14.8. The fraction of sp³-hybridized carbons (Fsp3) is 0.960. The van der Waals surface area contributed by atoms with Crippen LogP contribution in [0.5, 0.6) is 0 Å². The van der Waals surface area contributed by atoms with Gasteiger partial charge in [0.05, 0.1) is 16.6 Å². The molecule has 164 valence electrons. The molecule has 4 saturated carbocycles. The van der Waals surface area contributed by atoms with E-state index in [-0.39, 0.29) is 16.9 Å². The Morgan fingerprint density at radius 1 is 0.966 bits per heavy atom. The minimum atomic E-state index is -0.468. The first-order valence-electron chi connectivity index (χ1n) is 12.2. The molecule has 0 aromatic heterocycles. The average molecular weight is 514 g/mol. The lowest BCUT2D eigenvalue weighted by Gasteiger charge is -2.61. The van der Waals surface area contributed by atoms with Crippen molar-refractivity contribution in [2.75, 3.05) is 11.0 Å². The lowest BCUT2D eigenvalue weighted by molar-refractivity contribution is -0.188. The Balaban J connectivity index is 1.45. The molecule has 7 unspecified atom stereocenters. The first-order valence-corrected chi connectivity index (χ1v) is 13.8. The Bertz CT molecular complexity index is 694. The zero-order valence-electron chi connectivity index (χ0n) is 18.9. The molecule has 7 atom stereocenters. The van der Waals surface area contributed by atoms with E-state index >= 15 is 0 Å². The Hall–Kier alpha value is 0.160. The summed E-state index contributed by atoms with van der Waals surface area (Å²) in [6, 6.07) is 0. The molecule has 29 heavy (non-hydrogen) atoms. The normalized spacial score (nSPS) is 50.9. The van der Waals surface area contributed by atoms with Crippen molar-refractivity contribution in [2.45, 2.75) is 103 Å². The number of alkyl halides is 1. The number of ether oxygens (including phenoxy) is 1. The second kappa shape index (κ2) is 6.83. The van der Waals surface area contributed by atoms with Crippen LogP contribution in [0.4, 0.5) is 0 Å². The van der Waals surface area contributed by atoms with Crippen molar-refractivity contribution >= 4 is 28.5 Å². The summed E-state index contributed by atoms with van der Waals surface area (Å²) < 4.78 is 7.47. The van der Waals surface area contributed by atoms with Crippen LogP contribution in [0.3, 0.4) is 0 Å². The fourth-order valence-corrected chi connectivity index (χ4v) is 9.70. The molecule has 5 aliphatic rings. The zero-order valence-corrected chi connectivity index (χ0v) is 21.1. The van der Waals surface area contributed by atoms with Crippen molar-refractivity contribution in [1.82, 2.24) is 4.90 Å². The van der Waals surface area contributed by atoms with Crippen molar-refractivity contribution in [1.29, 1.82) is 0 Å². The van der Waals surface area contributed by atoms with E-state index in [4.69, 9.17) is 4.74 Å². The summed E-state index contributed by atoms with van der Waals surface area (Å²) in [5.74, 6) is 3.82. The van der Waals surface area contributed by atoms with Crippen LogP contribution in [0.25, 0.3) is 0 Å². The Labute approximate surface area is 191 Å². The first kappa shape index (κ1) is 21.0. The molecule has 1 aliphatic heterocycles. The molecule has 0 aromatic rings. The standard InChI is InChI=1S/C25H40INO2/c1-22(2)27(21(28)15-26)16-25(29-22)14-11-20-18-9-8-17-7-5-6-12-23(17,3)19(18)10-13-24(20,25)4/h17-20H,5-16H2,1-4H3. The third-order valence-electron chi connectivity index (χ3n) is 10.8. The number of nitrogens with zero attached hydrogens (tertiary/aromatic N) is 1. The van der Waals surface area contributed by atoms with Crippen LogP contribution in [0.15, 0.2) is 0 Å². The molecule has 5 fully saturated rings. The predicted octanol–water partition coefficient (Wildman–Crippen LogP) is 6.19. The Morgan fingerprint density at radius 2 is 1.72 bits per heavy atom. The van der Waals surface area contributed by atoms with Gasteiger partial charge >= 0.3 is 0 Å². The summed E-state index contributed by atoms with van der Waals surface area (Å²) in [6.45, 7) is 10.2. The van der Waals surface area contributed by atoms with Gasteiger partial charge in [-0.05, 0) is 94.3 Å². The molecule has 1 spiro atoms. The lowest BCUT2D eigenvalue weighted by atomic mass is 9.44. The molecule has 0 bridgehead atoms. The van der Waals surface area contributed by atoms with Crippen LogP contribution in [0.1, 0.15) is 91.9 Å². The summed E-state index contributed by atoms with van der Waals surface area (Å²) in [5.41, 5.74) is 0.225. The minimum Gasteiger partial charge on any atom is -0.347 e. The molecule has 5 rings (SSSR count). The van der Waals surface area contributed by atoms with E-state index < -0.39 is 5.72 Å². The summed E-state index contributed by atoms with van der Waals surface area (Å²) in [7, 11) is 0. The number of halogens is 1. The van der Waals surface area contributed by atoms with Gasteiger partial charge in [0.15, 0.2) is 0 Å². The maximum Gasteiger partial charge on any atom is 0.234 e. The summed E-state index contributed by atoms with van der Waals surface area (Å²) >= 11 is 2.21. The van der Waals surface area contributed by atoms with Crippen LogP contribution >= 0.6 is 22.6 Å². The Kier molecular flexibility index (Phi) is 4.95. The molecule has 4 aliphatic carbocycles. The highest BCUT2D eigenvalue weighted by atomic mass is 127. The van der Waals surface area contributed by atoms with Gasteiger partial charge in [-0.2, -0.15) is 0 Å². The van der Waals surface area contributed by atoms with Crippen LogP contribution in [-0.2, 0) is 9.53 Å². The molecule has 3 nitrogen and oxygen atoms in total. The van der Waals surface area contributed by atoms with E-state index in [9.17, 15) is 4.79 Å². The highest BCUT2D eigenvalue weighted by Gasteiger charge is 2.69. The number of hydrogen-bond donors (Lipinski definition) is 0. The Morgan fingerprint density at radius 3 is 2.48 bits per heavy atom. The quantitative estimate of drug-likeness (QED) is 0.309. The number of hydrogen-bond acceptors (Lipinski definition) is 2. The molecule has 0 radical (unpaired) electrons. The largest absolute Gasteiger partial charge is 0.347 e. The van der Waals surface area contributed by atoms with Crippen LogP contribution < -0.4 is 0 Å². The van der Waals surface area contributed by atoms with Crippen LogP contribution in [0.2, 0.25) is 0 Å². The minimum absolute atomic E-state index is 0.127. The predicted molar refractivity (Wildman–Crippen MR) is 125 cm³/mol. The molecule has 1 saturated heterocycles. The molecule has 0 N–H and O–H groups in total. The molecular weight excluding hydrogens is 473 g/mol. The fourth-order valence-electron chi connectivity index (χ4n) is 9.29. The number of rotatable bonds is 1. The summed E-state index contributed by atoms with van der Waals surface area (Å²) in [5, 5.41) is 0. The topological polar surface area (TPSA) is 29.5 Å². The van der Waals surface area contributed by atoms with E-state index in [0.29, 0.717) is 9.84 Å². The molecular formula is C25H40INO2. The van der Waals surface area contributed by atoms with Gasteiger partial charge in [-0.15, -0.1) is 0 Å². The van der Waals surface area contributed by atoms with Gasteiger partial charge in [-0.3, -0.25) is 4.79 Å². The average Bonchev–Trinajstić information content (AvgIpc) is 3.13. The number of amides is 1. The number of carbonyl (C=O) groups is 1. The zero-order chi connectivity index (χ0) is 20.7. The van der Waals surface area contributed by atoms with Gasteiger partial charge < -0.3 is 9.64 Å².